The quantitative estimate of drug-likeness (QED) is 0.367. The zero-order chi connectivity index (χ0) is 15.9. The minimum Gasteiger partial charge on any atom is -0.459 e. The van der Waals surface area contributed by atoms with Gasteiger partial charge in [-0.05, 0) is 13.8 Å². The minimum atomic E-state index is -3.79. The largest absolute Gasteiger partial charge is 0.459 e. The van der Waals surface area contributed by atoms with Crippen LogP contribution in [0, 0.1) is 0 Å². The van der Waals surface area contributed by atoms with Crippen molar-refractivity contribution in [2.24, 2.45) is 0 Å². The summed E-state index contributed by atoms with van der Waals surface area (Å²) in [6.07, 6.45) is -0.294. The number of rotatable bonds is 8. The first-order valence-corrected chi connectivity index (χ1v) is 7.38. The number of carbonyl (C=O) groups excluding carboxylic acids is 2. The number of ether oxygens (including phenoxy) is 2. The number of esters is 2. The molecule has 0 amide bonds. The fraction of sp³-hybridized carbons (Fsp3) is 0.500. The molecule has 0 unspecified atom stereocenters. The van der Waals surface area contributed by atoms with Gasteiger partial charge in [-0.25, -0.2) is 9.59 Å². The molecule has 0 fully saturated rings. The summed E-state index contributed by atoms with van der Waals surface area (Å²) in [5.74, 6) is -1.39. The summed E-state index contributed by atoms with van der Waals surface area (Å²) >= 11 is 0. The third-order valence-corrected chi connectivity index (χ3v) is 2.43. The Balaban J connectivity index is 4.57. The Kier molecular flexibility index (Phi) is 7.16. The molecular weight excluding hydrogens is 288 g/mol. The molecule has 0 aliphatic heterocycles. The summed E-state index contributed by atoms with van der Waals surface area (Å²) in [7, 11) is -3.79. The lowest BCUT2D eigenvalue weighted by Crippen LogP contribution is -2.30. The van der Waals surface area contributed by atoms with Gasteiger partial charge in [0.2, 0.25) is 0 Å². The van der Waals surface area contributed by atoms with Crippen LogP contribution in [0.2, 0.25) is 0 Å². The smallest absolute Gasteiger partial charge is 0.333 e. The fourth-order valence-electron chi connectivity index (χ4n) is 0.935. The summed E-state index contributed by atoms with van der Waals surface area (Å²) in [4.78, 5) is 22.4. The van der Waals surface area contributed by atoms with Crippen molar-refractivity contribution in [3.8, 4) is 0 Å². The fourth-order valence-corrected chi connectivity index (χ4v) is 1.54. The summed E-state index contributed by atoms with van der Waals surface area (Å²) in [6.45, 7) is 8.86. The summed E-state index contributed by atoms with van der Waals surface area (Å²) in [5, 5.41) is 0. The second-order valence-electron chi connectivity index (χ2n) is 4.18. The molecule has 0 rings (SSSR count). The molecule has 0 aromatic heterocycles. The van der Waals surface area contributed by atoms with Crippen LogP contribution in [0.25, 0.3) is 0 Å². The van der Waals surface area contributed by atoms with Crippen LogP contribution in [0.4, 0.5) is 0 Å². The zero-order valence-corrected chi connectivity index (χ0v) is 12.5. The van der Waals surface area contributed by atoms with Crippen molar-refractivity contribution in [3.05, 3.63) is 24.3 Å². The maximum absolute atomic E-state index is 11.2. The zero-order valence-electron chi connectivity index (χ0n) is 11.7. The predicted octanol–water partition coefficient (Wildman–Crippen LogP) is 0.570. The highest BCUT2D eigenvalue weighted by atomic mass is 32.2. The maximum atomic E-state index is 11.2. The molecule has 0 bridgehead atoms. The van der Waals surface area contributed by atoms with Gasteiger partial charge in [0.15, 0.2) is 0 Å². The Morgan fingerprint density at radius 3 is 1.60 bits per heavy atom. The Morgan fingerprint density at radius 2 is 1.35 bits per heavy atom. The second kappa shape index (κ2) is 7.81. The maximum Gasteiger partial charge on any atom is 0.333 e. The lowest BCUT2D eigenvalue weighted by molar-refractivity contribution is -0.146. The molecule has 114 valence electrons. The van der Waals surface area contributed by atoms with Crippen molar-refractivity contribution < 1.29 is 31.7 Å². The Morgan fingerprint density at radius 1 is 1.00 bits per heavy atom. The van der Waals surface area contributed by atoms with Gasteiger partial charge in [0, 0.05) is 11.1 Å². The van der Waals surface area contributed by atoms with Crippen molar-refractivity contribution in [3.63, 3.8) is 0 Å². The van der Waals surface area contributed by atoms with Gasteiger partial charge in [-0.2, -0.15) is 8.42 Å². The summed E-state index contributed by atoms with van der Waals surface area (Å²) < 4.78 is 36.3. The van der Waals surface area contributed by atoms with Crippen LogP contribution in [-0.2, 0) is 33.4 Å². The van der Waals surface area contributed by atoms with Gasteiger partial charge < -0.3 is 9.47 Å². The Bertz CT molecular complexity index is 474. The van der Waals surface area contributed by atoms with E-state index in [4.69, 9.17) is 9.47 Å². The first-order chi connectivity index (χ1) is 9.03. The highest BCUT2D eigenvalue weighted by Crippen LogP contribution is 2.04. The Labute approximate surface area is 118 Å². The molecule has 8 heteroatoms. The molecule has 0 heterocycles. The summed E-state index contributed by atoms with van der Waals surface area (Å²) in [5.41, 5.74) is 0.309. The molecule has 0 aliphatic carbocycles. The van der Waals surface area contributed by atoms with Crippen LogP contribution in [0.1, 0.15) is 13.8 Å². The second-order valence-corrected chi connectivity index (χ2v) is 5.78. The van der Waals surface area contributed by atoms with Gasteiger partial charge in [0.05, 0.1) is 6.26 Å². The molecule has 20 heavy (non-hydrogen) atoms. The van der Waals surface area contributed by atoms with Crippen LogP contribution in [0.15, 0.2) is 24.3 Å². The van der Waals surface area contributed by atoms with Crippen molar-refractivity contribution in [2.75, 3.05) is 19.5 Å². The van der Waals surface area contributed by atoms with Crippen molar-refractivity contribution in [1.82, 2.24) is 0 Å². The molecule has 0 saturated heterocycles. The minimum absolute atomic E-state index is 0.155. The van der Waals surface area contributed by atoms with Gasteiger partial charge in [-0.3, -0.25) is 4.18 Å². The molecule has 0 aromatic carbocycles. The standard InChI is InChI=1S/C12H18O7S/c1-8(2)11(13)17-6-10(19-20(5,15)16)7-18-12(14)9(3)4/h10H,1,3,6-7H2,2,4-5H3. The predicted molar refractivity (Wildman–Crippen MR) is 71.3 cm³/mol. The lowest BCUT2D eigenvalue weighted by atomic mass is 10.3. The van der Waals surface area contributed by atoms with E-state index < -0.39 is 28.2 Å². The first kappa shape index (κ1) is 18.3. The first-order valence-electron chi connectivity index (χ1n) is 5.56. The number of hydrogen-bond donors (Lipinski definition) is 0. The molecule has 0 saturated carbocycles. The SMILES string of the molecule is C=C(C)C(=O)OCC(COC(=O)C(=C)C)OS(C)(=O)=O. The Hall–Kier alpha value is -1.67. The summed E-state index contributed by atoms with van der Waals surface area (Å²) in [6, 6.07) is 0. The van der Waals surface area contributed by atoms with E-state index in [2.05, 4.69) is 17.3 Å². The topological polar surface area (TPSA) is 96.0 Å². The molecule has 0 radical (unpaired) electrons. The van der Waals surface area contributed by atoms with Crippen molar-refractivity contribution in [1.29, 1.82) is 0 Å². The third kappa shape index (κ3) is 8.44. The van der Waals surface area contributed by atoms with Crippen molar-refractivity contribution >= 4 is 22.1 Å². The van der Waals surface area contributed by atoms with Gasteiger partial charge in [0.1, 0.15) is 19.3 Å². The van der Waals surface area contributed by atoms with E-state index in [1.54, 1.807) is 0 Å². The molecule has 0 aromatic rings. The average molecular weight is 306 g/mol. The molecule has 0 N–H and O–H groups in total. The van der Waals surface area contributed by atoms with Gasteiger partial charge >= 0.3 is 11.9 Å². The van der Waals surface area contributed by atoms with Crippen molar-refractivity contribution in [2.45, 2.75) is 20.0 Å². The number of hydrogen-bond acceptors (Lipinski definition) is 7. The van der Waals surface area contributed by atoms with E-state index >= 15 is 0 Å². The van der Waals surface area contributed by atoms with E-state index in [1.165, 1.54) is 13.8 Å². The van der Waals surface area contributed by atoms with E-state index in [0.29, 0.717) is 0 Å². The van der Waals surface area contributed by atoms with Gasteiger partial charge in [0.25, 0.3) is 10.1 Å². The molecular formula is C12H18O7S. The average Bonchev–Trinajstić information content (AvgIpc) is 2.29. The van der Waals surface area contributed by atoms with Crippen LogP contribution in [0.5, 0.6) is 0 Å². The van der Waals surface area contributed by atoms with E-state index in [1.807, 2.05) is 0 Å². The highest BCUT2D eigenvalue weighted by molar-refractivity contribution is 7.86. The third-order valence-electron chi connectivity index (χ3n) is 1.81. The lowest BCUT2D eigenvalue weighted by Gasteiger charge is -2.16. The monoisotopic (exact) mass is 306 g/mol. The molecule has 0 atom stereocenters. The normalized spacial score (nSPS) is 11.0. The van der Waals surface area contributed by atoms with Gasteiger partial charge in [-0.1, -0.05) is 13.2 Å². The van der Waals surface area contributed by atoms with E-state index in [0.717, 1.165) is 6.26 Å². The van der Waals surface area contributed by atoms with Crippen LogP contribution >= 0.6 is 0 Å². The van der Waals surface area contributed by atoms with E-state index in [-0.39, 0.29) is 24.4 Å². The van der Waals surface area contributed by atoms with Gasteiger partial charge in [-0.15, -0.1) is 0 Å². The van der Waals surface area contributed by atoms with Crippen LogP contribution < -0.4 is 0 Å². The molecule has 0 spiro atoms. The number of carbonyl (C=O) groups is 2. The van der Waals surface area contributed by atoms with E-state index in [9.17, 15) is 18.0 Å². The molecule has 0 aliphatic rings. The van der Waals surface area contributed by atoms with Crippen LogP contribution in [0.3, 0.4) is 0 Å². The molecule has 7 nitrogen and oxygen atoms in total. The van der Waals surface area contributed by atoms with Crippen LogP contribution in [-0.4, -0.2) is 45.9 Å². The highest BCUT2D eigenvalue weighted by Gasteiger charge is 2.20.